The number of carbonyl (C=O) groups is 1. The number of benzene rings is 2. The fraction of sp³-hybridized carbons (Fsp3) is 0.278. The van der Waals surface area contributed by atoms with Crippen LogP contribution in [0.25, 0.3) is 0 Å². The van der Waals surface area contributed by atoms with Gasteiger partial charge in [-0.3, -0.25) is 0 Å². The summed E-state index contributed by atoms with van der Waals surface area (Å²) in [5.41, 5.74) is 0.913. The van der Waals surface area contributed by atoms with Gasteiger partial charge in [0.15, 0.2) is 6.10 Å². The summed E-state index contributed by atoms with van der Waals surface area (Å²) >= 11 is 0. The van der Waals surface area contributed by atoms with Gasteiger partial charge < -0.3 is 24.4 Å². The minimum Gasteiger partial charge on any atom is -0.507 e. The van der Waals surface area contributed by atoms with E-state index in [1.165, 1.54) is 27.4 Å². The van der Waals surface area contributed by atoms with Crippen LogP contribution in [-0.2, 0) is 9.53 Å². The van der Waals surface area contributed by atoms with E-state index in [0.717, 1.165) is 0 Å². The lowest BCUT2D eigenvalue weighted by molar-refractivity contribution is -0.151. The molecule has 2 aromatic carbocycles. The summed E-state index contributed by atoms with van der Waals surface area (Å²) in [5.74, 6) is -1.13. The van der Waals surface area contributed by atoms with E-state index >= 15 is 0 Å². The highest BCUT2D eigenvalue weighted by Gasteiger charge is 2.34. The Morgan fingerprint density at radius 2 is 1.71 bits per heavy atom. The molecule has 0 heterocycles. The number of rotatable bonds is 6. The summed E-state index contributed by atoms with van der Waals surface area (Å²) in [4.78, 5) is 11.9. The van der Waals surface area contributed by atoms with Gasteiger partial charge in [0.05, 0.1) is 27.2 Å². The maximum atomic E-state index is 11.9. The Hall–Kier alpha value is -2.73. The Labute approximate surface area is 140 Å². The van der Waals surface area contributed by atoms with Gasteiger partial charge in [0.1, 0.15) is 17.2 Å². The van der Waals surface area contributed by atoms with Gasteiger partial charge in [0, 0.05) is 17.7 Å². The monoisotopic (exact) mass is 332 g/mol. The lowest BCUT2D eigenvalue weighted by Crippen LogP contribution is -2.30. The molecule has 0 fully saturated rings. The Balaban J connectivity index is 2.66. The zero-order valence-corrected chi connectivity index (χ0v) is 13.7. The first-order valence-electron chi connectivity index (χ1n) is 7.29. The molecule has 2 N–H and O–H groups in total. The van der Waals surface area contributed by atoms with Gasteiger partial charge in [-0.1, -0.05) is 30.3 Å². The van der Waals surface area contributed by atoms with Gasteiger partial charge in [0.2, 0.25) is 0 Å². The predicted molar refractivity (Wildman–Crippen MR) is 87.5 cm³/mol. The van der Waals surface area contributed by atoms with Crippen LogP contribution in [0.4, 0.5) is 0 Å². The van der Waals surface area contributed by atoms with Crippen LogP contribution in [-0.4, -0.2) is 43.6 Å². The fourth-order valence-corrected chi connectivity index (χ4v) is 2.61. The summed E-state index contributed by atoms with van der Waals surface area (Å²) in [6.45, 7) is 0. The summed E-state index contributed by atoms with van der Waals surface area (Å²) in [5, 5.41) is 20.9. The number of carbonyl (C=O) groups excluding carboxylic acids is 1. The highest BCUT2D eigenvalue weighted by Crippen LogP contribution is 2.43. The van der Waals surface area contributed by atoms with E-state index in [2.05, 4.69) is 4.74 Å². The van der Waals surface area contributed by atoms with Gasteiger partial charge in [-0.2, -0.15) is 0 Å². The third kappa shape index (κ3) is 3.44. The Morgan fingerprint density at radius 3 is 2.25 bits per heavy atom. The van der Waals surface area contributed by atoms with E-state index < -0.39 is 18.0 Å². The molecule has 2 aromatic rings. The number of aliphatic hydroxyl groups is 1. The van der Waals surface area contributed by atoms with Crippen LogP contribution < -0.4 is 9.47 Å². The van der Waals surface area contributed by atoms with E-state index in [0.29, 0.717) is 17.1 Å². The molecule has 128 valence electrons. The second-order valence-electron chi connectivity index (χ2n) is 5.12. The number of phenols is 1. The van der Waals surface area contributed by atoms with Gasteiger partial charge in [-0.15, -0.1) is 0 Å². The van der Waals surface area contributed by atoms with E-state index in [9.17, 15) is 15.0 Å². The van der Waals surface area contributed by atoms with Crippen molar-refractivity contribution in [3.8, 4) is 17.2 Å². The van der Waals surface area contributed by atoms with Gasteiger partial charge >= 0.3 is 5.97 Å². The molecular formula is C18H20O6. The quantitative estimate of drug-likeness (QED) is 0.788. The Bertz CT molecular complexity index is 698. The van der Waals surface area contributed by atoms with E-state index in [4.69, 9.17) is 9.47 Å². The molecule has 2 rings (SSSR count). The fourth-order valence-electron chi connectivity index (χ4n) is 2.61. The van der Waals surface area contributed by atoms with Crippen LogP contribution in [0.1, 0.15) is 17.0 Å². The average molecular weight is 332 g/mol. The molecule has 0 aliphatic heterocycles. The second-order valence-corrected chi connectivity index (χ2v) is 5.12. The van der Waals surface area contributed by atoms with Gasteiger partial charge in [-0.25, -0.2) is 4.79 Å². The summed E-state index contributed by atoms with van der Waals surface area (Å²) in [6.07, 6.45) is -1.51. The van der Waals surface area contributed by atoms with E-state index in [1.54, 1.807) is 30.3 Å². The summed E-state index contributed by atoms with van der Waals surface area (Å²) in [6, 6.07) is 11.8. The topological polar surface area (TPSA) is 85.2 Å². The first-order chi connectivity index (χ1) is 11.5. The first kappa shape index (κ1) is 17.6. The molecule has 6 nitrogen and oxygen atoms in total. The molecule has 0 saturated carbocycles. The lowest BCUT2D eigenvalue weighted by Gasteiger charge is -2.25. The molecule has 0 saturated heterocycles. The highest BCUT2D eigenvalue weighted by molar-refractivity contribution is 5.77. The molecule has 0 aromatic heterocycles. The van der Waals surface area contributed by atoms with Crippen LogP contribution in [0, 0.1) is 0 Å². The molecule has 0 aliphatic rings. The molecule has 0 aliphatic carbocycles. The second kappa shape index (κ2) is 7.70. The van der Waals surface area contributed by atoms with Crippen molar-refractivity contribution in [2.24, 2.45) is 0 Å². The van der Waals surface area contributed by atoms with Crippen LogP contribution >= 0.6 is 0 Å². The Kier molecular flexibility index (Phi) is 5.65. The van der Waals surface area contributed by atoms with Crippen molar-refractivity contribution in [1.82, 2.24) is 0 Å². The molecule has 0 radical (unpaired) electrons. The maximum absolute atomic E-state index is 11.9. The molecule has 2 atom stereocenters. The predicted octanol–water partition coefficient (Wildman–Crippen LogP) is 2.08. The van der Waals surface area contributed by atoms with Crippen molar-refractivity contribution in [3.05, 3.63) is 53.6 Å². The first-order valence-corrected chi connectivity index (χ1v) is 7.29. The smallest absolute Gasteiger partial charge is 0.335 e. The average Bonchev–Trinajstić information content (AvgIpc) is 2.62. The summed E-state index contributed by atoms with van der Waals surface area (Å²) < 4.78 is 15.1. The van der Waals surface area contributed by atoms with Crippen molar-refractivity contribution < 1.29 is 29.2 Å². The molecule has 24 heavy (non-hydrogen) atoms. The minimum absolute atomic E-state index is 0.150. The van der Waals surface area contributed by atoms with Crippen molar-refractivity contribution in [2.45, 2.75) is 12.0 Å². The number of ether oxygens (including phenoxy) is 3. The van der Waals surface area contributed by atoms with Crippen molar-refractivity contribution >= 4 is 5.97 Å². The minimum atomic E-state index is -1.51. The van der Waals surface area contributed by atoms with E-state index in [1.807, 2.05) is 6.07 Å². The third-order valence-corrected chi connectivity index (χ3v) is 3.78. The number of aromatic hydroxyl groups is 1. The number of hydrogen-bond donors (Lipinski definition) is 2. The van der Waals surface area contributed by atoms with Gasteiger partial charge in [0.25, 0.3) is 0 Å². The molecule has 0 unspecified atom stereocenters. The van der Waals surface area contributed by atoms with Gasteiger partial charge in [-0.05, 0) is 5.56 Å². The number of esters is 1. The zero-order valence-electron chi connectivity index (χ0n) is 13.7. The van der Waals surface area contributed by atoms with Crippen molar-refractivity contribution in [3.63, 3.8) is 0 Å². The molecule has 0 spiro atoms. The van der Waals surface area contributed by atoms with E-state index in [-0.39, 0.29) is 11.3 Å². The summed E-state index contributed by atoms with van der Waals surface area (Å²) in [7, 11) is 4.09. The number of aliphatic hydroxyl groups excluding tert-OH is 1. The zero-order chi connectivity index (χ0) is 17.7. The third-order valence-electron chi connectivity index (χ3n) is 3.78. The largest absolute Gasteiger partial charge is 0.507 e. The molecule has 0 bridgehead atoms. The van der Waals surface area contributed by atoms with Crippen LogP contribution in [0.3, 0.4) is 0 Å². The Morgan fingerprint density at radius 1 is 1.04 bits per heavy atom. The number of phenolic OH excluding ortho intramolecular Hbond substituents is 1. The maximum Gasteiger partial charge on any atom is 0.335 e. The molecule has 0 amide bonds. The van der Waals surface area contributed by atoms with Crippen LogP contribution in [0.15, 0.2) is 42.5 Å². The molecular weight excluding hydrogens is 312 g/mol. The highest BCUT2D eigenvalue weighted by atomic mass is 16.5. The van der Waals surface area contributed by atoms with Crippen molar-refractivity contribution in [1.29, 1.82) is 0 Å². The van der Waals surface area contributed by atoms with Crippen molar-refractivity contribution in [2.75, 3.05) is 21.3 Å². The van der Waals surface area contributed by atoms with Crippen LogP contribution in [0.2, 0.25) is 0 Å². The number of hydrogen-bond acceptors (Lipinski definition) is 6. The SMILES string of the molecule is COC(=O)[C@H](O)[C@H](c1ccccc1)c1c(O)cc(OC)cc1OC. The normalized spacial score (nSPS) is 13.0. The van der Waals surface area contributed by atoms with Crippen LogP contribution in [0.5, 0.6) is 17.2 Å². The molecule has 6 heteroatoms. The number of methoxy groups -OCH3 is 3. The standard InChI is InChI=1S/C18H20O6/c1-22-12-9-13(19)16(14(10-12)23-2)15(17(20)18(21)24-3)11-7-5-4-6-8-11/h4-10,15,17,19-20H,1-3H3/t15-,17-/m1/s1. The lowest BCUT2D eigenvalue weighted by atomic mass is 9.85.